The molecule has 0 aliphatic carbocycles. The number of aryl methyl sites for hydroxylation is 1. The quantitative estimate of drug-likeness (QED) is 0.274. The largest absolute Gasteiger partial charge is 0.573 e. The lowest BCUT2D eigenvalue weighted by Crippen LogP contribution is -2.31. The van der Waals surface area contributed by atoms with Gasteiger partial charge in [-0.05, 0) is 75.0 Å². The van der Waals surface area contributed by atoms with Gasteiger partial charge in [0.05, 0.1) is 12.6 Å². The van der Waals surface area contributed by atoms with Gasteiger partial charge in [-0.15, -0.1) is 13.2 Å². The Bertz CT molecular complexity index is 1500. The first-order chi connectivity index (χ1) is 20.1. The molecule has 1 aliphatic heterocycles. The number of nitrogens with zero attached hydrogens (tertiary/aromatic N) is 5. The van der Waals surface area contributed by atoms with E-state index in [-0.39, 0.29) is 24.1 Å². The van der Waals surface area contributed by atoms with Crippen LogP contribution in [0.2, 0.25) is 0 Å². The van der Waals surface area contributed by atoms with Crippen molar-refractivity contribution < 1.29 is 22.7 Å². The van der Waals surface area contributed by atoms with E-state index in [1.165, 1.54) is 17.8 Å². The number of ether oxygens (including phenoxy) is 1. The minimum absolute atomic E-state index is 0.0971. The van der Waals surface area contributed by atoms with Crippen LogP contribution in [0.5, 0.6) is 5.75 Å². The fraction of sp³-hybridized carbons (Fsp3) is 0.387. The van der Waals surface area contributed by atoms with Crippen LogP contribution in [0.1, 0.15) is 42.8 Å². The molecule has 0 radical (unpaired) electrons. The molecule has 4 aromatic rings. The lowest BCUT2D eigenvalue weighted by molar-refractivity contribution is -0.274. The monoisotopic (exact) mass is 580 g/mol. The van der Waals surface area contributed by atoms with Crippen LogP contribution in [0.3, 0.4) is 0 Å². The second-order valence-corrected chi connectivity index (χ2v) is 10.9. The van der Waals surface area contributed by atoms with Crippen LogP contribution in [-0.2, 0) is 17.8 Å². The van der Waals surface area contributed by atoms with Gasteiger partial charge in [-0.1, -0.05) is 24.3 Å². The Hall–Kier alpha value is -4.12. The summed E-state index contributed by atoms with van der Waals surface area (Å²) in [5.74, 6) is 0.294. The number of aromatic nitrogens is 3. The number of anilines is 1. The number of rotatable bonds is 10. The molecule has 2 atom stereocenters. The Balaban J connectivity index is 1.20. The SMILES string of the molecule is CC(NC(=O)CCc1nc2cccnc2n1Cc1ccc(OC(F)(F)F)cc1)c1ccc(N2CC[C@H](N(C)C)C2)cc1. The third kappa shape index (κ3) is 7.20. The normalized spacial score (nSPS) is 16.3. The number of hydrogen-bond donors (Lipinski definition) is 1. The summed E-state index contributed by atoms with van der Waals surface area (Å²) in [6.07, 6.45) is -1.33. The molecule has 222 valence electrons. The van der Waals surface area contributed by atoms with Crippen molar-refractivity contribution in [2.75, 3.05) is 32.1 Å². The number of pyridine rings is 1. The summed E-state index contributed by atoms with van der Waals surface area (Å²) in [7, 11) is 4.24. The van der Waals surface area contributed by atoms with Crippen molar-refractivity contribution in [3.8, 4) is 5.75 Å². The average molecular weight is 581 g/mol. The fourth-order valence-corrected chi connectivity index (χ4v) is 5.34. The van der Waals surface area contributed by atoms with Gasteiger partial charge in [-0.25, -0.2) is 9.97 Å². The summed E-state index contributed by atoms with van der Waals surface area (Å²) in [6.45, 7) is 4.35. The van der Waals surface area contributed by atoms with E-state index in [1.54, 1.807) is 24.4 Å². The van der Waals surface area contributed by atoms with E-state index >= 15 is 0 Å². The number of fused-ring (bicyclic) bond motifs is 1. The van der Waals surface area contributed by atoms with Crippen molar-refractivity contribution in [2.45, 2.75) is 51.2 Å². The molecule has 1 aliphatic rings. The summed E-state index contributed by atoms with van der Waals surface area (Å²) in [5.41, 5.74) is 4.31. The molecule has 8 nitrogen and oxygen atoms in total. The highest BCUT2D eigenvalue weighted by atomic mass is 19.4. The second-order valence-electron chi connectivity index (χ2n) is 10.9. The molecule has 3 heterocycles. The van der Waals surface area contributed by atoms with Crippen molar-refractivity contribution in [2.24, 2.45) is 0 Å². The molecule has 1 fully saturated rings. The number of imidazole rings is 1. The molecule has 11 heteroatoms. The van der Waals surface area contributed by atoms with Crippen molar-refractivity contribution in [1.82, 2.24) is 24.8 Å². The summed E-state index contributed by atoms with van der Waals surface area (Å²) >= 11 is 0. The van der Waals surface area contributed by atoms with Crippen molar-refractivity contribution >= 4 is 22.8 Å². The van der Waals surface area contributed by atoms with Gasteiger partial charge in [0.25, 0.3) is 0 Å². The van der Waals surface area contributed by atoms with Crippen LogP contribution >= 0.6 is 0 Å². The number of alkyl halides is 3. The Morgan fingerprint density at radius 3 is 2.52 bits per heavy atom. The second kappa shape index (κ2) is 12.4. The molecule has 42 heavy (non-hydrogen) atoms. The number of hydrogen-bond acceptors (Lipinski definition) is 6. The van der Waals surface area contributed by atoms with E-state index in [4.69, 9.17) is 0 Å². The summed E-state index contributed by atoms with van der Waals surface area (Å²) in [4.78, 5) is 26.7. The zero-order valence-corrected chi connectivity index (χ0v) is 23.9. The van der Waals surface area contributed by atoms with Gasteiger partial charge in [0, 0.05) is 43.9 Å². The standard InChI is InChI=1S/C31H35F3N6O2/c1-21(23-8-10-24(11-9-23)39-18-16-25(20-39)38(2)3)36-29(41)15-14-28-37-27-5-4-17-35-30(27)40(28)19-22-6-12-26(13-7-22)42-31(32,33)34/h4-13,17,21,25H,14-16,18-20H2,1-3H3,(H,36,41)/t21?,25-/m0/s1. The van der Waals surface area contributed by atoms with Crippen LogP contribution in [0, 0.1) is 0 Å². The molecular formula is C31H35F3N6O2. The topological polar surface area (TPSA) is 75.5 Å². The Morgan fingerprint density at radius 2 is 1.86 bits per heavy atom. The zero-order valence-electron chi connectivity index (χ0n) is 23.9. The highest BCUT2D eigenvalue weighted by Crippen LogP contribution is 2.26. The predicted molar refractivity (Wildman–Crippen MR) is 155 cm³/mol. The molecule has 5 rings (SSSR count). The van der Waals surface area contributed by atoms with Crippen molar-refractivity contribution in [3.63, 3.8) is 0 Å². The summed E-state index contributed by atoms with van der Waals surface area (Å²) < 4.78 is 43.5. The van der Waals surface area contributed by atoms with E-state index < -0.39 is 6.36 Å². The van der Waals surface area contributed by atoms with E-state index in [0.29, 0.717) is 36.0 Å². The molecule has 1 unspecified atom stereocenters. The minimum Gasteiger partial charge on any atom is -0.406 e. The Morgan fingerprint density at radius 1 is 1.12 bits per heavy atom. The third-order valence-electron chi connectivity index (χ3n) is 7.69. The first-order valence-corrected chi connectivity index (χ1v) is 14.0. The maximum Gasteiger partial charge on any atom is 0.573 e. The van der Waals surface area contributed by atoms with Crippen molar-refractivity contribution in [3.05, 3.63) is 83.8 Å². The summed E-state index contributed by atoms with van der Waals surface area (Å²) in [5, 5.41) is 3.09. The van der Waals surface area contributed by atoms with Gasteiger partial charge >= 0.3 is 6.36 Å². The first-order valence-electron chi connectivity index (χ1n) is 14.0. The van der Waals surface area contributed by atoms with Crippen LogP contribution < -0.4 is 15.0 Å². The Kier molecular flexibility index (Phi) is 8.67. The van der Waals surface area contributed by atoms with Crippen LogP contribution in [0.15, 0.2) is 66.9 Å². The third-order valence-corrected chi connectivity index (χ3v) is 7.69. The van der Waals surface area contributed by atoms with E-state index in [2.05, 4.69) is 68.2 Å². The maximum absolute atomic E-state index is 12.9. The summed E-state index contributed by atoms with van der Waals surface area (Å²) in [6, 6.07) is 18.1. The minimum atomic E-state index is -4.75. The number of carbonyl (C=O) groups is 1. The lowest BCUT2D eigenvalue weighted by atomic mass is 10.1. The van der Waals surface area contributed by atoms with E-state index in [0.717, 1.165) is 30.6 Å². The molecule has 2 aromatic heterocycles. The molecule has 1 N–H and O–H groups in total. The molecule has 0 bridgehead atoms. The van der Waals surface area contributed by atoms with E-state index in [9.17, 15) is 18.0 Å². The van der Waals surface area contributed by atoms with Crippen LogP contribution in [-0.4, -0.2) is 64.9 Å². The number of carbonyl (C=O) groups excluding carboxylic acids is 1. The van der Waals surface area contributed by atoms with Crippen molar-refractivity contribution in [1.29, 1.82) is 0 Å². The van der Waals surface area contributed by atoms with E-state index in [1.807, 2.05) is 17.6 Å². The van der Waals surface area contributed by atoms with Gasteiger partial charge < -0.3 is 24.4 Å². The Labute approximate surface area is 243 Å². The number of likely N-dealkylation sites (N-methyl/N-ethyl adjacent to an activating group) is 1. The highest BCUT2D eigenvalue weighted by molar-refractivity contribution is 5.77. The number of halogens is 3. The van der Waals surface area contributed by atoms with Crippen LogP contribution in [0.25, 0.3) is 11.2 Å². The smallest absolute Gasteiger partial charge is 0.406 e. The average Bonchev–Trinajstić information content (AvgIpc) is 3.58. The molecule has 0 spiro atoms. The highest BCUT2D eigenvalue weighted by Gasteiger charge is 2.31. The first kappa shape index (κ1) is 29.4. The number of amides is 1. The van der Waals surface area contributed by atoms with Gasteiger partial charge in [-0.3, -0.25) is 4.79 Å². The van der Waals surface area contributed by atoms with Gasteiger partial charge in [0.15, 0.2) is 5.65 Å². The molecule has 1 saturated heterocycles. The van der Waals surface area contributed by atoms with Gasteiger partial charge in [0.2, 0.25) is 5.91 Å². The van der Waals surface area contributed by atoms with Gasteiger partial charge in [0.1, 0.15) is 17.1 Å². The predicted octanol–water partition coefficient (Wildman–Crippen LogP) is 5.33. The molecular weight excluding hydrogens is 545 g/mol. The number of benzene rings is 2. The molecule has 1 amide bonds. The van der Waals surface area contributed by atoms with Crippen LogP contribution in [0.4, 0.5) is 18.9 Å². The lowest BCUT2D eigenvalue weighted by Gasteiger charge is -2.22. The maximum atomic E-state index is 12.9. The molecule has 0 saturated carbocycles. The zero-order chi connectivity index (χ0) is 29.9. The van der Waals surface area contributed by atoms with Gasteiger partial charge in [-0.2, -0.15) is 0 Å². The number of nitrogens with one attached hydrogen (secondary N) is 1. The fourth-order valence-electron chi connectivity index (χ4n) is 5.34. The molecule has 2 aromatic carbocycles.